The maximum Gasteiger partial charge on any atom is 2.00 e. The molecule has 0 unspecified atom stereocenters. The van der Waals surface area contributed by atoms with Gasteiger partial charge in [-0.15, -0.1) is 0 Å². The van der Waals surface area contributed by atoms with Gasteiger partial charge in [-0.3, -0.25) is 0 Å². The fourth-order valence-corrected chi connectivity index (χ4v) is 0. The molecule has 32 valence electrons. The molecule has 0 radical (unpaired) electrons. The van der Waals surface area contributed by atoms with Crippen molar-refractivity contribution in [1.82, 2.24) is 0 Å². The molecule has 0 fully saturated rings. The summed E-state index contributed by atoms with van der Waals surface area (Å²) in [6.07, 6.45) is 0. The predicted molar refractivity (Wildman–Crippen MR) is 16.1 cm³/mol. The zero-order valence-corrected chi connectivity index (χ0v) is 5.93. The first-order valence-corrected chi connectivity index (χ1v) is 0.548. The first-order valence-electron chi connectivity index (χ1n) is 0.548. The number of halogens is 1. The van der Waals surface area contributed by atoms with Crippen molar-refractivity contribution in [2.75, 3.05) is 0 Å². The van der Waals surface area contributed by atoms with Crippen molar-refractivity contribution in [1.29, 1.82) is 0 Å². The van der Waals surface area contributed by atoms with Crippen molar-refractivity contribution in [3.8, 4) is 0 Å². The molecule has 0 spiro atoms. The van der Waals surface area contributed by atoms with E-state index in [1.54, 1.807) is 0 Å². The van der Waals surface area contributed by atoms with Gasteiger partial charge in [0.05, 0.1) is 5.09 Å². The van der Waals surface area contributed by atoms with Gasteiger partial charge in [0.25, 0.3) is 0 Å². The van der Waals surface area contributed by atoms with Crippen molar-refractivity contribution in [3.05, 3.63) is 15.3 Å². The Bertz CT molecular complexity index is 37.9. The molecule has 0 atom stereocenters. The molecule has 0 aliphatic rings. The smallest absolute Gasteiger partial charge is 1.00 e. The topological polar surface area (TPSA) is 66.2 Å². The molecule has 0 saturated heterocycles. The molecule has 0 amide bonds. The molecule has 0 aliphatic heterocycles. The second kappa shape index (κ2) is 15.8. The van der Waals surface area contributed by atoms with Crippen LogP contribution in [0.4, 0.5) is 0 Å². The zero-order valence-electron chi connectivity index (χ0n) is 3.76. The summed E-state index contributed by atoms with van der Waals surface area (Å²) in [7, 11) is 0. The van der Waals surface area contributed by atoms with Gasteiger partial charge in [0.15, 0.2) is 0 Å². The Labute approximate surface area is 74.5 Å². The monoisotopic (exact) mass is 128 g/mol. The Morgan fingerprint density at radius 1 is 1.29 bits per heavy atom. The Morgan fingerprint density at radius 2 is 1.29 bits per heavy atom. The predicted octanol–water partition coefficient (Wildman–Crippen LogP) is -6.61. The van der Waals surface area contributed by atoms with Crippen LogP contribution in [0.3, 0.4) is 0 Å². The molecular weight excluding hydrogens is 129 g/mol. The minimum Gasteiger partial charge on any atom is -1.00 e. The Morgan fingerprint density at radius 3 is 1.29 bits per heavy atom. The van der Waals surface area contributed by atoms with Gasteiger partial charge >= 0.3 is 41.9 Å². The third-order valence-corrected chi connectivity index (χ3v) is 0. The van der Waals surface area contributed by atoms with Gasteiger partial charge in [-0.1, -0.05) is 0 Å². The summed E-state index contributed by atoms with van der Waals surface area (Å²) in [4.78, 5) is 8.25. The fourth-order valence-electron chi connectivity index (χ4n) is 0. The largest absolute Gasteiger partial charge is 2.00 e. The van der Waals surface area contributed by atoms with Gasteiger partial charge in [0.2, 0.25) is 0 Å². The van der Waals surface area contributed by atoms with Crippen LogP contribution in [0.1, 0.15) is 0 Å². The van der Waals surface area contributed by atoms with E-state index in [-0.39, 0.29) is 54.3 Å². The van der Waals surface area contributed by atoms with Crippen LogP contribution in [0.25, 0.3) is 0 Å². The van der Waals surface area contributed by atoms with Gasteiger partial charge in [-0.05, 0) is 0 Å². The molecule has 0 aromatic carbocycles. The van der Waals surface area contributed by atoms with E-state index >= 15 is 0 Å². The Balaban J connectivity index is -0.0000000150. The van der Waals surface area contributed by atoms with E-state index in [1.807, 2.05) is 0 Å². The standard InChI is InChI=1S/ClH.Li.Mg.NO3/c;;;2-1(3)4/h1H;;;/q;+1;+2;-1/p-1. The Kier molecular flexibility index (Phi) is 56.1. The van der Waals surface area contributed by atoms with Crippen LogP contribution in [0.2, 0.25) is 0 Å². The molecule has 7 heavy (non-hydrogen) atoms. The Hall–Kier alpha value is 0.854. The van der Waals surface area contributed by atoms with E-state index in [0.717, 1.165) is 0 Å². The van der Waals surface area contributed by atoms with Crippen molar-refractivity contribution < 1.29 is 36.4 Å². The molecule has 0 saturated carbocycles. The van der Waals surface area contributed by atoms with Crippen LogP contribution in [0.5, 0.6) is 0 Å². The molecule has 0 aliphatic carbocycles. The van der Waals surface area contributed by atoms with Crippen LogP contribution >= 0.6 is 0 Å². The summed E-state index contributed by atoms with van der Waals surface area (Å²) in [5.74, 6) is 0. The first-order chi connectivity index (χ1) is 1.73. The minimum atomic E-state index is -1.75. The quantitative estimate of drug-likeness (QED) is 0.185. The summed E-state index contributed by atoms with van der Waals surface area (Å²) in [5.41, 5.74) is 0. The van der Waals surface area contributed by atoms with Crippen molar-refractivity contribution >= 4 is 23.1 Å². The van der Waals surface area contributed by atoms with E-state index < -0.39 is 5.09 Å². The average molecular weight is 129 g/mol. The van der Waals surface area contributed by atoms with Gasteiger partial charge in [-0.2, -0.15) is 0 Å². The van der Waals surface area contributed by atoms with Gasteiger partial charge < -0.3 is 27.7 Å². The first kappa shape index (κ1) is 24.8. The van der Waals surface area contributed by atoms with Crippen LogP contribution in [-0.2, 0) is 0 Å². The molecule has 0 aromatic heterocycles. The van der Waals surface area contributed by atoms with E-state index in [2.05, 4.69) is 0 Å². The zero-order chi connectivity index (χ0) is 3.58. The van der Waals surface area contributed by atoms with E-state index in [9.17, 15) is 0 Å². The summed E-state index contributed by atoms with van der Waals surface area (Å²) in [6.45, 7) is 0. The third-order valence-electron chi connectivity index (χ3n) is 0. The average Bonchev–Trinajstić information content (AvgIpc) is 0.811. The van der Waals surface area contributed by atoms with E-state index in [0.29, 0.717) is 0 Å². The van der Waals surface area contributed by atoms with Gasteiger partial charge in [-0.25, -0.2) is 0 Å². The second-order valence-corrected chi connectivity index (χ2v) is 0.224. The van der Waals surface area contributed by atoms with Crippen LogP contribution in [0, 0.1) is 15.3 Å². The molecule has 7 heteroatoms. The van der Waals surface area contributed by atoms with Crippen LogP contribution < -0.4 is 31.3 Å². The molecule has 0 aromatic rings. The molecular formula is ClLiMgNO3+. The molecule has 0 heterocycles. The maximum absolute atomic E-state index is 8.25. The number of hydrogen-bond donors (Lipinski definition) is 0. The van der Waals surface area contributed by atoms with Gasteiger partial charge in [0, 0.05) is 0 Å². The third kappa shape index (κ3) is 222. The van der Waals surface area contributed by atoms with Crippen molar-refractivity contribution in [2.45, 2.75) is 0 Å². The fraction of sp³-hybridized carbons (Fsp3) is 0. The second-order valence-electron chi connectivity index (χ2n) is 0.224. The SMILES string of the molecule is O=[N+]([O-])[O-].[Cl-].[Li+].[Mg+2]. The van der Waals surface area contributed by atoms with E-state index in [1.165, 1.54) is 0 Å². The van der Waals surface area contributed by atoms with Gasteiger partial charge in [0.1, 0.15) is 0 Å². The van der Waals surface area contributed by atoms with Crippen LogP contribution in [-0.4, -0.2) is 28.1 Å². The molecule has 4 nitrogen and oxygen atoms in total. The molecule has 0 bridgehead atoms. The number of nitrogens with zero attached hydrogens (tertiary/aromatic N) is 1. The number of hydrogen-bond acceptors (Lipinski definition) is 3. The molecule has 0 N–H and O–H groups in total. The summed E-state index contributed by atoms with van der Waals surface area (Å²) in [6, 6.07) is 0. The summed E-state index contributed by atoms with van der Waals surface area (Å²) in [5, 5.41) is 14.8. The van der Waals surface area contributed by atoms with E-state index in [4.69, 9.17) is 15.3 Å². The summed E-state index contributed by atoms with van der Waals surface area (Å²) >= 11 is 0. The molecule has 0 rings (SSSR count). The van der Waals surface area contributed by atoms with Crippen molar-refractivity contribution in [3.63, 3.8) is 0 Å². The number of rotatable bonds is 0. The minimum absolute atomic E-state index is 0. The van der Waals surface area contributed by atoms with Crippen molar-refractivity contribution in [2.24, 2.45) is 0 Å². The normalized spacial score (nSPS) is 3.43. The van der Waals surface area contributed by atoms with Crippen LogP contribution in [0.15, 0.2) is 0 Å². The summed E-state index contributed by atoms with van der Waals surface area (Å²) < 4.78 is 0. The maximum atomic E-state index is 8.25.